The highest BCUT2D eigenvalue weighted by Gasteiger charge is 2.57. The van der Waals surface area contributed by atoms with E-state index < -0.39 is 124 Å². The molecule has 0 bridgehead atoms. The van der Waals surface area contributed by atoms with Crippen LogP contribution in [0.5, 0.6) is 0 Å². The first kappa shape index (κ1) is 40.5. The highest BCUT2D eigenvalue weighted by molar-refractivity contribution is 7.46. The smallest absolute Gasteiger partial charge is 0.463 e. The Bertz CT molecular complexity index is 1270. The number of hydrogen-bond acceptors (Lipinski definition) is 17. The first-order valence-electron chi connectivity index (χ1n) is 14.2. The van der Waals surface area contributed by atoms with Gasteiger partial charge in [-0.1, -0.05) is 0 Å². The highest BCUT2D eigenvalue weighted by Crippen LogP contribution is 2.42. The summed E-state index contributed by atoms with van der Waals surface area (Å²) < 4.78 is 60.8. The molecule has 0 unspecified atom stereocenters. The van der Waals surface area contributed by atoms with Gasteiger partial charge in [-0.25, -0.2) is 4.57 Å². The van der Waals surface area contributed by atoms with E-state index in [0.29, 0.717) is 0 Å². The third kappa shape index (κ3) is 12.7. The van der Waals surface area contributed by atoms with Gasteiger partial charge < -0.3 is 58.3 Å². The van der Waals surface area contributed by atoms with E-state index in [1.807, 2.05) is 0 Å². The molecular weight excluding hydrogens is 675 g/mol. The predicted octanol–water partition coefficient (Wildman–Crippen LogP) is -2.14. The van der Waals surface area contributed by atoms with Crippen molar-refractivity contribution in [2.24, 2.45) is 0 Å². The average molecular weight is 715 g/mol. The van der Waals surface area contributed by atoms with Crippen molar-refractivity contribution < 1.29 is 90.3 Å². The van der Waals surface area contributed by atoms with Gasteiger partial charge >= 0.3 is 37.7 Å². The molecule has 10 atom stereocenters. The molecule has 2 fully saturated rings. The maximum absolute atomic E-state index is 12.4. The second-order valence-corrected chi connectivity index (χ2v) is 11.8. The minimum atomic E-state index is -5.39. The lowest BCUT2D eigenvalue weighted by molar-refractivity contribution is -0.324. The molecule has 0 radical (unpaired) electrons. The first-order chi connectivity index (χ1) is 22.2. The fourth-order valence-corrected chi connectivity index (χ4v) is 5.36. The van der Waals surface area contributed by atoms with Crippen LogP contribution in [0.4, 0.5) is 0 Å². The van der Waals surface area contributed by atoms with E-state index >= 15 is 0 Å². The number of ether oxygens (including phenoxy) is 8. The highest BCUT2D eigenvalue weighted by atomic mass is 31.2. The Morgan fingerprint density at radius 1 is 0.583 bits per heavy atom. The molecule has 22 heteroatoms. The topological polar surface area (TPSA) is 284 Å². The largest absolute Gasteiger partial charge is 0.472 e. The Labute approximate surface area is 273 Å². The molecule has 0 saturated carbocycles. The molecule has 2 heterocycles. The van der Waals surface area contributed by atoms with Crippen LogP contribution >= 0.6 is 7.82 Å². The van der Waals surface area contributed by atoms with Gasteiger partial charge in [-0.2, -0.15) is 0 Å². The van der Waals surface area contributed by atoms with Gasteiger partial charge in [0.25, 0.3) is 0 Å². The lowest BCUT2D eigenvalue weighted by Gasteiger charge is -2.49. The Morgan fingerprint density at radius 2 is 0.958 bits per heavy atom. The Balaban J connectivity index is 2.78. The lowest BCUT2D eigenvalue weighted by atomic mass is 9.94. The SMILES string of the molecule is CC(=O)N[C@H]1[C@H](O[C@@H]2[C@@H](NC(C)=O)[C@@H](OP(=O)(O)O)O[C@H](COC(C)=O)[C@H]2OC(C)=O)O[C@H](COC(C)=O)[C@@H](OC(C)=O)[C@@H]1OC(C)=O. The fourth-order valence-electron chi connectivity index (χ4n) is 4.91. The van der Waals surface area contributed by atoms with Gasteiger partial charge in [-0.3, -0.25) is 38.1 Å². The summed E-state index contributed by atoms with van der Waals surface area (Å²) in [5, 5.41) is 4.81. The number of rotatable bonds is 13. The molecule has 0 spiro atoms. The Hall–Kier alpha value is -3.72. The molecule has 0 aromatic rings. The van der Waals surface area contributed by atoms with E-state index in [1.165, 1.54) is 0 Å². The summed E-state index contributed by atoms with van der Waals surface area (Å²) in [5.41, 5.74) is 0. The van der Waals surface area contributed by atoms with Crippen LogP contribution in [0.3, 0.4) is 0 Å². The van der Waals surface area contributed by atoms with E-state index in [1.54, 1.807) is 0 Å². The fraction of sp³-hybridized carbons (Fsp3) is 0.731. The molecule has 0 aromatic carbocycles. The van der Waals surface area contributed by atoms with Gasteiger partial charge in [0.15, 0.2) is 30.9 Å². The van der Waals surface area contributed by atoms with Crippen LogP contribution in [0.25, 0.3) is 0 Å². The molecular formula is C26H39N2O19P. The molecule has 2 saturated heterocycles. The number of phosphoric acid groups is 1. The standard InChI is InChI=1S/C26H39N2O19P/c1-10(29)27-19-23(43-16(7)35)21(41-14(5)33)17(8-39-12(3)31)44-25(19)46-24-20(28-11(2)30)26(47-48(36,37)38)45-18(9-40-13(4)32)22(24)42-15(6)34/h17-26H,8-9H2,1-7H3,(H,27,29)(H,28,30)(H2,36,37,38)/t17-,18-,19-,20-,21-,22-,23-,24-,25+,26-/m1/s1. The van der Waals surface area contributed by atoms with Crippen molar-refractivity contribution in [3.63, 3.8) is 0 Å². The molecule has 2 amide bonds. The van der Waals surface area contributed by atoms with Gasteiger partial charge in [0.05, 0.1) is 0 Å². The van der Waals surface area contributed by atoms with Gasteiger partial charge in [-0.05, 0) is 0 Å². The lowest BCUT2D eigenvalue weighted by Crippen LogP contribution is -2.71. The van der Waals surface area contributed by atoms with Crippen LogP contribution < -0.4 is 10.6 Å². The van der Waals surface area contributed by atoms with Crippen molar-refractivity contribution in [2.45, 2.75) is 110 Å². The molecule has 21 nitrogen and oxygen atoms in total. The van der Waals surface area contributed by atoms with Crippen LogP contribution in [0.15, 0.2) is 0 Å². The summed E-state index contributed by atoms with van der Waals surface area (Å²) >= 11 is 0. The molecule has 2 aliphatic rings. The molecule has 48 heavy (non-hydrogen) atoms. The number of nitrogens with one attached hydrogen (secondary N) is 2. The van der Waals surface area contributed by atoms with Crippen LogP contribution in [-0.2, 0) is 80.5 Å². The normalized spacial score (nSPS) is 30.2. The first-order valence-corrected chi connectivity index (χ1v) is 15.7. The van der Waals surface area contributed by atoms with Gasteiger partial charge in [0.1, 0.15) is 43.6 Å². The quantitative estimate of drug-likeness (QED) is 0.0899. The number of hydrogen-bond donors (Lipinski definition) is 4. The number of carbonyl (C=O) groups is 7. The van der Waals surface area contributed by atoms with E-state index in [4.69, 9.17) is 42.4 Å². The van der Waals surface area contributed by atoms with Gasteiger partial charge in [-0.15, -0.1) is 0 Å². The van der Waals surface area contributed by atoms with Crippen molar-refractivity contribution in [2.75, 3.05) is 13.2 Å². The van der Waals surface area contributed by atoms with Crippen LogP contribution in [0.1, 0.15) is 48.5 Å². The van der Waals surface area contributed by atoms with Crippen molar-refractivity contribution >= 4 is 49.5 Å². The van der Waals surface area contributed by atoms with Gasteiger partial charge in [0.2, 0.25) is 11.8 Å². The third-order valence-corrected chi connectivity index (χ3v) is 6.86. The van der Waals surface area contributed by atoms with Crippen molar-refractivity contribution in [3.05, 3.63) is 0 Å². The van der Waals surface area contributed by atoms with Crippen LogP contribution in [0.2, 0.25) is 0 Å². The molecule has 272 valence electrons. The number of amides is 2. The summed E-state index contributed by atoms with van der Waals surface area (Å²) in [4.78, 5) is 104. The summed E-state index contributed by atoms with van der Waals surface area (Å²) in [6, 6.07) is -3.30. The van der Waals surface area contributed by atoms with E-state index in [0.717, 1.165) is 48.5 Å². The Morgan fingerprint density at radius 3 is 1.33 bits per heavy atom. The van der Waals surface area contributed by atoms with Crippen molar-refractivity contribution in [1.82, 2.24) is 10.6 Å². The minimum absolute atomic E-state index is 0.618. The molecule has 2 aliphatic heterocycles. The third-order valence-electron chi connectivity index (χ3n) is 6.37. The zero-order chi connectivity index (χ0) is 36.5. The number of phosphoric ester groups is 1. The van der Waals surface area contributed by atoms with Crippen molar-refractivity contribution in [3.8, 4) is 0 Å². The summed E-state index contributed by atoms with van der Waals surface area (Å²) in [6.45, 7) is 5.90. The average Bonchev–Trinajstić information content (AvgIpc) is 2.90. The Kier molecular flexibility index (Phi) is 14.8. The number of carbonyl (C=O) groups excluding carboxylic acids is 7. The maximum Gasteiger partial charge on any atom is 0.472 e. The van der Waals surface area contributed by atoms with Crippen molar-refractivity contribution in [1.29, 1.82) is 0 Å². The van der Waals surface area contributed by atoms with Crippen LogP contribution in [-0.4, -0.2) is 126 Å². The predicted molar refractivity (Wildman–Crippen MR) is 150 cm³/mol. The number of esters is 5. The second-order valence-electron chi connectivity index (χ2n) is 10.6. The summed E-state index contributed by atoms with van der Waals surface area (Å²) in [6.07, 6.45) is -13.5. The zero-order valence-corrected chi connectivity index (χ0v) is 27.9. The van der Waals surface area contributed by atoms with E-state index in [-0.39, 0.29) is 0 Å². The van der Waals surface area contributed by atoms with E-state index in [9.17, 15) is 47.9 Å². The molecule has 0 aromatic heterocycles. The maximum atomic E-state index is 12.4. The van der Waals surface area contributed by atoms with Crippen LogP contribution in [0, 0.1) is 0 Å². The van der Waals surface area contributed by atoms with Gasteiger partial charge in [0, 0.05) is 48.5 Å². The molecule has 0 aliphatic carbocycles. The second kappa shape index (κ2) is 17.6. The van der Waals surface area contributed by atoms with E-state index in [2.05, 4.69) is 10.6 Å². The summed E-state index contributed by atoms with van der Waals surface area (Å²) in [5.74, 6) is -5.94. The zero-order valence-electron chi connectivity index (χ0n) is 27.0. The monoisotopic (exact) mass is 714 g/mol. The minimum Gasteiger partial charge on any atom is -0.463 e. The molecule has 4 N–H and O–H groups in total. The molecule has 2 rings (SSSR count). The summed E-state index contributed by atoms with van der Waals surface area (Å²) in [7, 11) is -5.39.